The predicted octanol–water partition coefficient (Wildman–Crippen LogP) is 1.52. The highest BCUT2D eigenvalue weighted by molar-refractivity contribution is 5.87. The van der Waals surface area contributed by atoms with Crippen molar-refractivity contribution in [3.8, 4) is 0 Å². The lowest BCUT2D eigenvalue weighted by Crippen LogP contribution is -2.25. The third-order valence-electron chi connectivity index (χ3n) is 3.79. The minimum absolute atomic E-state index is 0.104. The van der Waals surface area contributed by atoms with Crippen LogP contribution in [0.25, 0.3) is 0 Å². The van der Waals surface area contributed by atoms with Gasteiger partial charge in [0.05, 0.1) is 12.1 Å². The van der Waals surface area contributed by atoms with Gasteiger partial charge in [-0.05, 0) is 30.5 Å². The first-order valence-electron chi connectivity index (χ1n) is 7.14. The van der Waals surface area contributed by atoms with Gasteiger partial charge in [0, 0.05) is 13.0 Å². The molecule has 21 heavy (non-hydrogen) atoms. The Balaban J connectivity index is 1.90. The van der Waals surface area contributed by atoms with E-state index in [0.717, 1.165) is 43.6 Å². The average molecular weight is 287 g/mol. The smallest absolute Gasteiger partial charge is 0.346 e. The fourth-order valence-electron chi connectivity index (χ4n) is 2.70. The molecule has 1 aliphatic rings. The van der Waals surface area contributed by atoms with Crippen molar-refractivity contribution in [2.75, 3.05) is 0 Å². The van der Waals surface area contributed by atoms with Crippen LogP contribution in [0.3, 0.4) is 0 Å². The largest absolute Gasteiger partial charge is 0.478 e. The first kappa shape index (κ1) is 13.6. The molecule has 1 aromatic heterocycles. The predicted molar refractivity (Wildman–Crippen MR) is 76.5 cm³/mol. The molecule has 2 aromatic rings. The highest BCUT2D eigenvalue weighted by Crippen LogP contribution is 2.11. The van der Waals surface area contributed by atoms with E-state index in [4.69, 9.17) is 5.11 Å². The highest BCUT2D eigenvalue weighted by Gasteiger charge is 2.15. The van der Waals surface area contributed by atoms with E-state index in [1.165, 1.54) is 10.7 Å². The second-order valence-corrected chi connectivity index (χ2v) is 5.32. The molecule has 0 saturated carbocycles. The van der Waals surface area contributed by atoms with Gasteiger partial charge < -0.3 is 5.11 Å². The number of aromatic carboxylic acids is 1. The molecule has 0 amide bonds. The van der Waals surface area contributed by atoms with Crippen molar-refractivity contribution >= 4 is 5.97 Å². The average Bonchev–Trinajstić information content (AvgIpc) is 2.66. The summed E-state index contributed by atoms with van der Waals surface area (Å²) in [7, 11) is 0. The fraction of sp³-hybridized carbons (Fsp3) is 0.400. The zero-order valence-electron chi connectivity index (χ0n) is 11.7. The van der Waals surface area contributed by atoms with Crippen LogP contribution in [0, 0.1) is 0 Å². The van der Waals surface area contributed by atoms with Crippen LogP contribution in [0.4, 0.5) is 0 Å². The Morgan fingerprint density at radius 3 is 2.95 bits per heavy atom. The molecule has 3 rings (SSSR count). The van der Waals surface area contributed by atoms with E-state index >= 15 is 0 Å². The number of benzene rings is 1. The quantitative estimate of drug-likeness (QED) is 0.928. The summed E-state index contributed by atoms with van der Waals surface area (Å²) in [4.78, 5) is 23.3. The number of hydrogen-bond acceptors (Lipinski definition) is 3. The molecule has 0 unspecified atom stereocenters. The zero-order valence-corrected chi connectivity index (χ0v) is 11.7. The minimum Gasteiger partial charge on any atom is -0.478 e. The van der Waals surface area contributed by atoms with Crippen molar-refractivity contribution in [2.45, 2.75) is 38.8 Å². The van der Waals surface area contributed by atoms with Crippen LogP contribution in [0.15, 0.2) is 29.1 Å². The van der Waals surface area contributed by atoms with Crippen LogP contribution in [0.5, 0.6) is 0 Å². The molecule has 0 spiro atoms. The molecule has 0 radical (unpaired) electrons. The number of aryl methyl sites for hydroxylation is 1. The molecule has 6 heteroatoms. The summed E-state index contributed by atoms with van der Waals surface area (Å²) in [5.74, 6) is -0.128. The maximum Gasteiger partial charge on any atom is 0.346 e. The summed E-state index contributed by atoms with van der Waals surface area (Å²) in [5.41, 5.74) is 0.888. The summed E-state index contributed by atoms with van der Waals surface area (Å²) >= 11 is 0. The van der Waals surface area contributed by atoms with Crippen LogP contribution in [-0.2, 0) is 19.5 Å². The Morgan fingerprint density at radius 1 is 1.29 bits per heavy atom. The Morgan fingerprint density at radius 2 is 2.14 bits per heavy atom. The Kier molecular flexibility index (Phi) is 3.60. The molecule has 0 saturated heterocycles. The van der Waals surface area contributed by atoms with Gasteiger partial charge in [-0.15, -0.1) is 0 Å². The van der Waals surface area contributed by atoms with E-state index < -0.39 is 5.97 Å². The van der Waals surface area contributed by atoms with E-state index in [1.54, 1.807) is 16.7 Å². The number of rotatable bonds is 3. The normalized spacial score (nSPS) is 14.5. The molecule has 0 fully saturated rings. The van der Waals surface area contributed by atoms with Gasteiger partial charge in [-0.25, -0.2) is 14.3 Å². The molecule has 1 aliphatic heterocycles. The summed E-state index contributed by atoms with van der Waals surface area (Å²) in [6.07, 6.45) is 4.03. The Bertz CT molecular complexity index is 730. The van der Waals surface area contributed by atoms with E-state index in [0.29, 0.717) is 6.54 Å². The molecule has 6 nitrogen and oxygen atoms in total. The fourth-order valence-corrected chi connectivity index (χ4v) is 2.70. The van der Waals surface area contributed by atoms with Gasteiger partial charge in [0.1, 0.15) is 5.82 Å². The topological polar surface area (TPSA) is 77.1 Å². The second-order valence-electron chi connectivity index (χ2n) is 5.32. The Hall–Kier alpha value is -2.37. The summed E-state index contributed by atoms with van der Waals surface area (Å²) in [6.45, 7) is 1.03. The zero-order chi connectivity index (χ0) is 14.8. The lowest BCUT2D eigenvalue weighted by atomic mass is 10.1. The number of carboxylic acids is 1. The van der Waals surface area contributed by atoms with Crippen LogP contribution >= 0.6 is 0 Å². The third-order valence-corrected chi connectivity index (χ3v) is 3.79. The summed E-state index contributed by atoms with van der Waals surface area (Å²) in [6, 6.07) is 6.62. The van der Waals surface area contributed by atoms with Crippen LogP contribution < -0.4 is 5.69 Å². The SMILES string of the molecule is O=C(O)c1cccc(Cn2nc3n(c2=O)CCCCC3)c1. The van der Waals surface area contributed by atoms with Gasteiger partial charge in [0.15, 0.2) is 0 Å². The minimum atomic E-state index is -0.968. The van der Waals surface area contributed by atoms with Crippen LogP contribution in [0.2, 0.25) is 0 Å². The maximum absolute atomic E-state index is 12.3. The first-order chi connectivity index (χ1) is 10.1. The molecule has 0 atom stereocenters. The number of nitrogens with zero attached hydrogens (tertiary/aromatic N) is 3. The van der Waals surface area contributed by atoms with Gasteiger partial charge in [-0.1, -0.05) is 18.6 Å². The second kappa shape index (κ2) is 5.55. The summed E-state index contributed by atoms with van der Waals surface area (Å²) in [5, 5.41) is 13.4. The summed E-state index contributed by atoms with van der Waals surface area (Å²) < 4.78 is 3.18. The van der Waals surface area contributed by atoms with Gasteiger partial charge in [-0.2, -0.15) is 5.10 Å². The number of fused-ring (bicyclic) bond motifs is 1. The van der Waals surface area contributed by atoms with Gasteiger partial charge in [-0.3, -0.25) is 4.57 Å². The van der Waals surface area contributed by atoms with Crippen LogP contribution in [0.1, 0.15) is 41.0 Å². The van der Waals surface area contributed by atoms with E-state index in [9.17, 15) is 9.59 Å². The number of aromatic nitrogens is 3. The molecular formula is C15H17N3O3. The maximum atomic E-state index is 12.3. The third kappa shape index (κ3) is 2.74. The van der Waals surface area contributed by atoms with Crippen molar-refractivity contribution in [2.24, 2.45) is 0 Å². The van der Waals surface area contributed by atoms with Crippen molar-refractivity contribution in [1.29, 1.82) is 0 Å². The molecule has 0 bridgehead atoms. The molecular weight excluding hydrogens is 270 g/mol. The molecule has 2 heterocycles. The number of carbonyl (C=O) groups is 1. The lowest BCUT2D eigenvalue weighted by Gasteiger charge is -2.02. The molecule has 0 aliphatic carbocycles. The van der Waals surface area contributed by atoms with Crippen molar-refractivity contribution in [3.63, 3.8) is 0 Å². The monoisotopic (exact) mass is 287 g/mol. The van der Waals surface area contributed by atoms with E-state index in [-0.39, 0.29) is 11.3 Å². The van der Waals surface area contributed by atoms with Gasteiger partial charge in [0.2, 0.25) is 0 Å². The number of hydrogen-bond donors (Lipinski definition) is 1. The standard InChI is InChI=1S/C15H17N3O3/c19-14(20)12-6-4-5-11(9-12)10-18-15(21)17-8-3-1-2-7-13(17)16-18/h4-6,9H,1-3,7-8,10H2,(H,19,20). The highest BCUT2D eigenvalue weighted by atomic mass is 16.4. The molecule has 1 N–H and O–H groups in total. The number of carboxylic acid groups (broad SMARTS) is 1. The Labute approximate surface area is 121 Å². The first-order valence-corrected chi connectivity index (χ1v) is 7.14. The van der Waals surface area contributed by atoms with E-state index in [2.05, 4.69) is 5.10 Å². The van der Waals surface area contributed by atoms with Gasteiger partial charge in [0.25, 0.3) is 0 Å². The van der Waals surface area contributed by atoms with Crippen molar-refractivity contribution < 1.29 is 9.90 Å². The van der Waals surface area contributed by atoms with Crippen molar-refractivity contribution in [1.82, 2.24) is 14.3 Å². The van der Waals surface area contributed by atoms with Gasteiger partial charge >= 0.3 is 11.7 Å². The molecule has 110 valence electrons. The van der Waals surface area contributed by atoms with E-state index in [1.807, 2.05) is 6.07 Å². The van der Waals surface area contributed by atoms with Crippen molar-refractivity contribution in [3.05, 3.63) is 51.7 Å². The molecule has 1 aromatic carbocycles. The lowest BCUT2D eigenvalue weighted by molar-refractivity contribution is 0.0696. The van der Waals surface area contributed by atoms with Crippen LogP contribution in [-0.4, -0.2) is 25.4 Å².